The van der Waals surface area contributed by atoms with Crippen LogP contribution in [-0.2, 0) is 0 Å². The van der Waals surface area contributed by atoms with E-state index in [4.69, 9.17) is 9.84 Å². The Kier molecular flexibility index (Phi) is 5.58. The third kappa shape index (κ3) is 4.31. The zero-order chi connectivity index (χ0) is 15.1. The Labute approximate surface area is 117 Å². The van der Waals surface area contributed by atoms with Crippen LogP contribution in [0.25, 0.3) is 0 Å². The van der Waals surface area contributed by atoms with Crippen molar-refractivity contribution >= 4 is 17.7 Å². The van der Waals surface area contributed by atoms with E-state index in [9.17, 15) is 9.59 Å². The quantitative estimate of drug-likeness (QED) is 0.697. The molecule has 6 nitrogen and oxygen atoms in total. The fraction of sp³-hybridized carbons (Fsp3) is 0.286. The molecule has 0 aliphatic heterocycles. The average molecular weight is 278 g/mol. The van der Waals surface area contributed by atoms with Crippen molar-refractivity contribution in [3.63, 3.8) is 0 Å². The first-order valence-corrected chi connectivity index (χ1v) is 6.07. The van der Waals surface area contributed by atoms with Crippen LogP contribution in [0.15, 0.2) is 30.9 Å². The first-order chi connectivity index (χ1) is 9.47. The lowest BCUT2D eigenvalue weighted by molar-refractivity contribution is 0.0697. The second kappa shape index (κ2) is 7.18. The maximum Gasteiger partial charge on any atom is 0.335 e. The number of carboxylic acids is 1. The van der Waals surface area contributed by atoms with Crippen LogP contribution in [0.1, 0.15) is 23.7 Å². The summed E-state index contributed by atoms with van der Waals surface area (Å²) in [5.74, 6) is -0.683. The topological polar surface area (TPSA) is 87.7 Å². The summed E-state index contributed by atoms with van der Waals surface area (Å²) in [4.78, 5) is 22.7. The summed E-state index contributed by atoms with van der Waals surface area (Å²) in [6.07, 6.45) is 2.34. The number of benzene rings is 1. The molecule has 0 bridgehead atoms. The van der Waals surface area contributed by atoms with Gasteiger partial charge in [0.15, 0.2) is 0 Å². The molecule has 1 rings (SSSR count). The number of nitrogens with one attached hydrogen (secondary N) is 2. The predicted molar refractivity (Wildman–Crippen MR) is 76.4 cm³/mol. The van der Waals surface area contributed by atoms with Gasteiger partial charge in [-0.25, -0.2) is 9.59 Å². The molecule has 108 valence electrons. The van der Waals surface area contributed by atoms with Crippen LogP contribution >= 0.6 is 0 Å². The van der Waals surface area contributed by atoms with Gasteiger partial charge in [-0.1, -0.05) is 6.08 Å². The Morgan fingerprint density at radius 1 is 1.50 bits per heavy atom. The molecule has 0 aromatic heterocycles. The van der Waals surface area contributed by atoms with Gasteiger partial charge < -0.3 is 20.5 Å². The van der Waals surface area contributed by atoms with Crippen molar-refractivity contribution in [2.75, 3.05) is 12.4 Å². The molecule has 0 saturated carbocycles. The normalized spacial score (nSPS) is 11.3. The van der Waals surface area contributed by atoms with E-state index in [1.165, 1.54) is 25.3 Å². The molecule has 0 radical (unpaired) electrons. The predicted octanol–water partition coefficient (Wildman–Crippen LogP) is 2.48. The van der Waals surface area contributed by atoms with Crippen molar-refractivity contribution in [2.45, 2.75) is 19.4 Å². The van der Waals surface area contributed by atoms with Crippen molar-refractivity contribution in [3.8, 4) is 5.75 Å². The highest BCUT2D eigenvalue weighted by Gasteiger charge is 2.12. The van der Waals surface area contributed by atoms with E-state index in [0.717, 1.165) is 0 Å². The summed E-state index contributed by atoms with van der Waals surface area (Å²) < 4.78 is 5.08. The molecule has 1 aromatic carbocycles. The number of carboxylic acid groups (broad SMARTS) is 1. The maximum atomic E-state index is 11.8. The molecule has 1 unspecified atom stereocenters. The lowest BCUT2D eigenvalue weighted by Crippen LogP contribution is -2.35. The molecule has 3 N–H and O–H groups in total. The molecule has 0 spiro atoms. The summed E-state index contributed by atoms with van der Waals surface area (Å²) in [5.41, 5.74) is 0.371. The van der Waals surface area contributed by atoms with Crippen molar-refractivity contribution in [1.82, 2.24) is 5.32 Å². The minimum atomic E-state index is -1.07. The molecule has 0 fully saturated rings. The minimum absolute atomic E-state index is 0.0684. The van der Waals surface area contributed by atoms with Crippen LogP contribution in [0.4, 0.5) is 10.5 Å². The molecule has 1 atom stereocenters. The standard InChI is InChI=1S/C14H18N2O4/c1-4-5-9(2)15-14(19)16-11-8-10(13(17)18)6-7-12(11)20-3/h4,6-9H,1,5H2,2-3H3,(H,17,18)(H2,15,16,19). The van der Waals surface area contributed by atoms with Crippen LogP contribution in [-0.4, -0.2) is 30.3 Å². The smallest absolute Gasteiger partial charge is 0.335 e. The van der Waals surface area contributed by atoms with Crippen molar-refractivity contribution < 1.29 is 19.4 Å². The van der Waals surface area contributed by atoms with Crippen molar-refractivity contribution in [1.29, 1.82) is 0 Å². The fourth-order valence-corrected chi connectivity index (χ4v) is 1.63. The van der Waals surface area contributed by atoms with E-state index < -0.39 is 12.0 Å². The summed E-state index contributed by atoms with van der Waals surface area (Å²) >= 11 is 0. The van der Waals surface area contributed by atoms with Crippen molar-refractivity contribution in [2.24, 2.45) is 0 Å². The second-order valence-corrected chi connectivity index (χ2v) is 4.24. The van der Waals surface area contributed by atoms with Crippen molar-refractivity contribution in [3.05, 3.63) is 36.4 Å². The largest absolute Gasteiger partial charge is 0.495 e. The number of aromatic carboxylic acids is 1. The Balaban J connectivity index is 2.84. The van der Waals surface area contributed by atoms with Crippen LogP contribution < -0.4 is 15.4 Å². The van der Waals surface area contributed by atoms with Gasteiger partial charge >= 0.3 is 12.0 Å². The molecule has 0 aliphatic rings. The summed E-state index contributed by atoms with van der Waals surface area (Å²) in [5, 5.41) is 14.2. The maximum absolute atomic E-state index is 11.8. The summed E-state index contributed by atoms with van der Waals surface area (Å²) in [6, 6.07) is 3.75. The monoisotopic (exact) mass is 278 g/mol. The third-order valence-electron chi connectivity index (χ3n) is 2.59. The molecule has 20 heavy (non-hydrogen) atoms. The summed E-state index contributed by atoms with van der Waals surface area (Å²) in [7, 11) is 1.44. The number of urea groups is 1. The lowest BCUT2D eigenvalue weighted by Gasteiger charge is -2.15. The van der Waals surface area contributed by atoms with E-state index in [2.05, 4.69) is 17.2 Å². The van der Waals surface area contributed by atoms with Crippen LogP contribution in [0.2, 0.25) is 0 Å². The van der Waals surface area contributed by atoms with E-state index in [1.54, 1.807) is 6.08 Å². The van der Waals surface area contributed by atoms with Gasteiger partial charge in [-0.05, 0) is 31.5 Å². The molecule has 2 amide bonds. The van der Waals surface area contributed by atoms with Crippen LogP contribution in [0.3, 0.4) is 0 Å². The SMILES string of the molecule is C=CCC(C)NC(=O)Nc1cc(C(=O)O)ccc1OC. The Bertz CT molecular complexity index is 514. The highest BCUT2D eigenvalue weighted by molar-refractivity contribution is 5.94. The zero-order valence-electron chi connectivity index (χ0n) is 11.5. The number of hydrogen-bond donors (Lipinski definition) is 3. The van der Waals surface area contributed by atoms with E-state index >= 15 is 0 Å². The van der Waals surface area contributed by atoms with Gasteiger partial charge in [0.1, 0.15) is 5.75 Å². The van der Waals surface area contributed by atoms with E-state index in [0.29, 0.717) is 17.9 Å². The van der Waals surface area contributed by atoms with Gasteiger partial charge in [0.25, 0.3) is 0 Å². The van der Waals surface area contributed by atoms with Crippen LogP contribution in [0, 0.1) is 0 Å². The second-order valence-electron chi connectivity index (χ2n) is 4.24. The van der Waals surface area contributed by atoms with Gasteiger partial charge in [-0.2, -0.15) is 0 Å². The Morgan fingerprint density at radius 2 is 2.20 bits per heavy atom. The van der Waals surface area contributed by atoms with Gasteiger partial charge in [-0.3, -0.25) is 0 Å². The fourth-order valence-electron chi connectivity index (χ4n) is 1.63. The van der Waals surface area contributed by atoms with Gasteiger partial charge in [0, 0.05) is 6.04 Å². The number of anilines is 1. The average Bonchev–Trinajstić information content (AvgIpc) is 2.38. The molecule has 1 aromatic rings. The molecular formula is C14H18N2O4. The first kappa shape index (κ1) is 15.6. The van der Waals surface area contributed by atoms with Gasteiger partial charge in [0.05, 0.1) is 18.4 Å². The van der Waals surface area contributed by atoms with Crippen LogP contribution in [0.5, 0.6) is 5.75 Å². The molecule has 0 heterocycles. The Hall–Kier alpha value is -2.50. The van der Waals surface area contributed by atoms with E-state index in [1.807, 2.05) is 6.92 Å². The number of ether oxygens (including phenoxy) is 1. The van der Waals surface area contributed by atoms with Gasteiger partial charge in [0.2, 0.25) is 0 Å². The number of hydrogen-bond acceptors (Lipinski definition) is 3. The first-order valence-electron chi connectivity index (χ1n) is 6.07. The molecule has 6 heteroatoms. The number of carbonyl (C=O) groups excluding carboxylic acids is 1. The van der Waals surface area contributed by atoms with E-state index in [-0.39, 0.29) is 11.6 Å². The number of carbonyl (C=O) groups is 2. The number of amides is 2. The highest BCUT2D eigenvalue weighted by Crippen LogP contribution is 2.25. The zero-order valence-corrected chi connectivity index (χ0v) is 11.5. The highest BCUT2D eigenvalue weighted by atomic mass is 16.5. The molecular weight excluding hydrogens is 260 g/mol. The lowest BCUT2D eigenvalue weighted by atomic mass is 10.2. The third-order valence-corrected chi connectivity index (χ3v) is 2.59. The minimum Gasteiger partial charge on any atom is -0.495 e. The number of methoxy groups -OCH3 is 1. The summed E-state index contributed by atoms with van der Waals surface area (Å²) in [6.45, 7) is 5.43. The molecule has 0 aliphatic carbocycles. The van der Waals surface area contributed by atoms with Gasteiger partial charge in [-0.15, -0.1) is 6.58 Å². The number of rotatable bonds is 6. The Morgan fingerprint density at radius 3 is 2.75 bits per heavy atom. The molecule has 0 saturated heterocycles.